The maximum Gasteiger partial charge on any atom is 0.408 e. The van der Waals surface area contributed by atoms with Crippen LogP contribution in [0.2, 0.25) is 0 Å². The van der Waals surface area contributed by atoms with E-state index in [-0.39, 0.29) is 37.0 Å². The number of ether oxygens (including phenoxy) is 1. The van der Waals surface area contributed by atoms with Gasteiger partial charge in [0.25, 0.3) is 0 Å². The molecule has 0 atom stereocenters. The number of carbonyl (C=O) groups is 4. The Morgan fingerprint density at radius 2 is 1.55 bits per heavy atom. The molecule has 2 fully saturated rings. The minimum Gasteiger partial charge on any atom is -0.444 e. The first-order valence-corrected chi connectivity index (χ1v) is 17.2. The molecule has 0 unspecified atom stereocenters. The Kier molecular flexibility index (Phi) is 15.5. The van der Waals surface area contributed by atoms with Gasteiger partial charge in [-0.25, -0.2) is 14.0 Å². The van der Waals surface area contributed by atoms with Crippen molar-refractivity contribution < 1.29 is 28.3 Å². The van der Waals surface area contributed by atoms with Gasteiger partial charge in [-0.3, -0.25) is 19.8 Å². The zero-order chi connectivity index (χ0) is 37.4. The van der Waals surface area contributed by atoms with Crippen molar-refractivity contribution in [2.24, 2.45) is 5.73 Å². The smallest absolute Gasteiger partial charge is 0.408 e. The van der Waals surface area contributed by atoms with Crippen LogP contribution in [0.15, 0.2) is 48.8 Å². The van der Waals surface area contributed by atoms with E-state index in [1.807, 2.05) is 29.2 Å². The molecule has 11 nitrogen and oxygen atoms in total. The van der Waals surface area contributed by atoms with E-state index in [2.05, 4.69) is 46.2 Å². The summed E-state index contributed by atoms with van der Waals surface area (Å²) in [6.45, 7) is 12.5. The van der Waals surface area contributed by atoms with Gasteiger partial charge in [0.2, 0.25) is 11.8 Å². The van der Waals surface area contributed by atoms with Crippen molar-refractivity contribution in [2.75, 3.05) is 36.0 Å². The normalized spacial score (nSPS) is 14.2. The number of urea groups is 1. The van der Waals surface area contributed by atoms with Crippen LogP contribution in [-0.4, -0.2) is 55.7 Å². The van der Waals surface area contributed by atoms with Crippen LogP contribution in [0.1, 0.15) is 88.8 Å². The Labute approximate surface area is 300 Å². The molecule has 51 heavy (non-hydrogen) atoms. The number of nitrogens with zero attached hydrogens (tertiary/aromatic N) is 2. The Morgan fingerprint density at radius 3 is 2.18 bits per heavy atom. The van der Waals surface area contributed by atoms with Crippen molar-refractivity contribution >= 4 is 35.3 Å². The molecule has 5 amide bonds. The number of halogens is 1. The van der Waals surface area contributed by atoms with Gasteiger partial charge in [0, 0.05) is 49.2 Å². The molecule has 0 radical (unpaired) electrons. The monoisotopic (exact) mass is 700 g/mol. The Morgan fingerprint density at radius 1 is 0.922 bits per heavy atom. The topological polar surface area (TPSA) is 146 Å². The van der Waals surface area contributed by atoms with Gasteiger partial charge in [-0.05, 0) is 89.0 Å². The molecule has 2 aliphatic rings. The average Bonchev–Trinajstić information content (AvgIpc) is 3.05. The first kappa shape index (κ1) is 40.1. The molecule has 0 spiro atoms. The zero-order valence-electron chi connectivity index (χ0n) is 30.0. The highest BCUT2D eigenvalue weighted by atomic mass is 19.1. The molecule has 2 heterocycles. The summed E-state index contributed by atoms with van der Waals surface area (Å²) in [6, 6.07) is 10.3. The maximum absolute atomic E-state index is 14.5. The fourth-order valence-corrected chi connectivity index (χ4v) is 5.21. The number of nitrogens with one attached hydrogen (secondary N) is 3. The summed E-state index contributed by atoms with van der Waals surface area (Å²) in [5.74, 6) is 11.6. The van der Waals surface area contributed by atoms with E-state index in [1.165, 1.54) is 30.2 Å². The van der Waals surface area contributed by atoms with E-state index in [0.717, 1.165) is 37.1 Å². The fraction of sp³-hybridized carbons (Fsp3) is 0.436. The predicted molar refractivity (Wildman–Crippen MR) is 197 cm³/mol. The van der Waals surface area contributed by atoms with Crippen LogP contribution in [0, 0.1) is 36.4 Å². The molecule has 0 bridgehead atoms. The van der Waals surface area contributed by atoms with Crippen molar-refractivity contribution in [1.29, 1.82) is 0 Å². The van der Waals surface area contributed by atoms with Crippen LogP contribution in [-0.2, 0) is 14.3 Å². The standard InChI is InChI=1S/C20H27N3O.C19H22FN3O4/c1-17-22-20(24)14-16-23(17)19-12-10-18(11-13-19)9-7-5-3-2-4-6-8-15-21;1-12-10-13(6-5-8-21-18(26)27-19(2,3)4)11-14(20)16(12)23-9-7-15(24)22-17(23)25/h10-13H,1-6,8,14-16,21H2,(H,22,24);10-11H,7-9H2,1-4H3,(H,21,26)(H,22,24,25). The van der Waals surface area contributed by atoms with Crippen LogP contribution < -0.4 is 31.5 Å². The van der Waals surface area contributed by atoms with Gasteiger partial charge < -0.3 is 26.0 Å². The number of nitrogens with two attached hydrogens (primary N) is 1. The lowest BCUT2D eigenvalue weighted by molar-refractivity contribution is -0.121. The largest absolute Gasteiger partial charge is 0.444 e. The van der Waals surface area contributed by atoms with Gasteiger partial charge in [-0.1, -0.05) is 49.5 Å². The summed E-state index contributed by atoms with van der Waals surface area (Å²) < 4.78 is 19.6. The van der Waals surface area contributed by atoms with E-state index in [1.54, 1.807) is 33.8 Å². The second-order valence-corrected chi connectivity index (χ2v) is 13.1. The molecule has 0 aromatic heterocycles. The number of alkyl carbamates (subject to hydrolysis) is 1. The average molecular weight is 701 g/mol. The lowest BCUT2D eigenvalue weighted by Gasteiger charge is -2.30. The third kappa shape index (κ3) is 13.8. The lowest BCUT2D eigenvalue weighted by Crippen LogP contribution is -2.50. The van der Waals surface area contributed by atoms with Crippen LogP contribution >= 0.6 is 0 Å². The van der Waals surface area contributed by atoms with Crippen molar-refractivity contribution in [3.05, 3.63) is 71.3 Å². The van der Waals surface area contributed by atoms with Crippen molar-refractivity contribution in [3.63, 3.8) is 0 Å². The molecular weight excluding hydrogens is 651 g/mol. The lowest BCUT2D eigenvalue weighted by atomic mass is 10.1. The number of benzene rings is 2. The van der Waals surface area contributed by atoms with Crippen molar-refractivity contribution in [1.82, 2.24) is 16.0 Å². The molecule has 5 N–H and O–H groups in total. The van der Waals surface area contributed by atoms with Gasteiger partial charge >= 0.3 is 12.1 Å². The molecular formula is C39H49FN6O5. The Hall–Kier alpha value is -5.33. The summed E-state index contributed by atoms with van der Waals surface area (Å²) >= 11 is 0. The minimum atomic E-state index is -0.645. The highest BCUT2D eigenvalue weighted by Gasteiger charge is 2.27. The van der Waals surface area contributed by atoms with Gasteiger partial charge in [-0.15, -0.1) is 0 Å². The third-order valence-electron chi connectivity index (χ3n) is 7.62. The SMILES string of the molecule is C=C1NC(=O)CCN1c1ccc(C#CCCCCCCCN)cc1.Cc1cc(C#CCNC(=O)OC(C)(C)C)cc(F)c1N1CCC(=O)NC1=O. The van der Waals surface area contributed by atoms with Gasteiger partial charge in [0.15, 0.2) is 0 Å². The van der Waals surface area contributed by atoms with E-state index >= 15 is 0 Å². The summed E-state index contributed by atoms with van der Waals surface area (Å²) in [7, 11) is 0. The van der Waals surface area contributed by atoms with Crippen LogP contribution in [0.5, 0.6) is 0 Å². The second kappa shape index (κ2) is 19.8. The number of anilines is 2. The molecule has 4 rings (SSSR count). The predicted octanol–water partition coefficient (Wildman–Crippen LogP) is 5.59. The highest BCUT2D eigenvalue weighted by molar-refractivity contribution is 6.06. The zero-order valence-corrected chi connectivity index (χ0v) is 30.0. The van der Waals surface area contributed by atoms with E-state index in [9.17, 15) is 23.6 Å². The van der Waals surface area contributed by atoms with Gasteiger partial charge in [0.05, 0.1) is 12.2 Å². The van der Waals surface area contributed by atoms with Crippen LogP contribution in [0.25, 0.3) is 0 Å². The first-order valence-electron chi connectivity index (χ1n) is 17.2. The molecule has 2 aromatic rings. The molecule has 2 aromatic carbocycles. The third-order valence-corrected chi connectivity index (χ3v) is 7.62. The number of aryl methyl sites for hydroxylation is 1. The number of unbranched alkanes of at least 4 members (excludes halogenated alkanes) is 5. The Bertz CT molecular complexity index is 1670. The van der Waals surface area contributed by atoms with Crippen LogP contribution in [0.3, 0.4) is 0 Å². The number of carbonyl (C=O) groups excluding carboxylic acids is 4. The maximum atomic E-state index is 14.5. The van der Waals surface area contributed by atoms with E-state index < -0.39 is 23.5 Å². The molecule has 0 saturated carbocycles. The number of hydrogen-bond acceptors (Lipinski definition) is 7. The van der Waals surface area contributed by atoms with Gasteiger partial charge in [0.1, 0.15) is 17.2 Å². The quantitative estimate of drug-likeness (QED) is 0.197. The summed E-state index contributed by atoms with van der Waals surface area (Å²) in [6.07, 6.45) is 6.97. The molecule has 0 aliphatic carbocycles. The summed E-state index contributed by atoms with van der Waals surface area (Å²) in [4.78, 5) is 49.2. The first-order chi connectivity index (χ1) is 24.3. The van der Waals surface area contributed by atoms with Crippen LogP contribution in [0.4, 0.5) is 25.4 Å². The molecule has 2 saturated heterocycles. The molecule has 272 valence electrons. The van der Waals surface area contributed by atoms with Crippen molar-refractivity contribution in [2.45, 2.75) is 84.7 Å². The van der Waals surface area contributed by atoms with Gasteiger partial charge in [-0.2, -0.15) is 0 Å². The summed E-state index contributed by atoms with van der Waals surface area (Å²) in [5.41, 5.74) is 7.99. The number of rotatable bonds is 9. The number of hydrogen-bond donors (Lipinski definition) is 4. The summed E-state index contributed by atoms with van der Waals surface area (Å²) in [5, 5.41) is 7.42. The second-order valence-electron chi connectivity index (χ2n) is 13.1. The fourth-order valence-electron chi connectivity index (χ4n) is 5.21. The minimum absolute atomic E-state index is 0.0294. The molecule has 2 aliphatic heterocycles. The van der Waals surface area contributed by atoms with Crippen molar-refractivity contribution in [3.8, 4) is 23.7 Å². The van der Waals surface area contributed by atoms with E-state index in [0.29, 0.717) is 29.9 Å². The Balaban J connectivity index is 0.000000277. The number of imide groups is 1. The number of amides is 5. The van der Waals surface area contributed by atoms with E-state index in [4.69, 9.17) is 10.5 Å². The molecule has 12 heteroatoms. The highest BCUT2D eigenvalue weighted by Crippen LogP contribution is 2.27.